The maximum atomic E-state index is 12.0. The van der Waals surface area contributed by atoms with E-state index in [9.17, 15) is 4.79 Å². The molecule has 1 aromatic carbocycles. The van der Waals surface area contributed by atoms with Crippen molar-refractivity contribution in [3.05, 3.63) is 29.3 Å². The fourth-order valence-corrected chi connectivity index (χ4v) is 2.32. The number of thioether (sulfide) groups is 1. The van der Waals surface area contributed by atoms with E-state index >= 15 is 0 Å². The lowest BCUT2D eigenvalue weighted by Gasteiger charge is -2.09. The zero-order valence-electron chi connectivity index (χ0n) is 11.8. The summed E-state index contributed by atoms with van der Waals surface area (Å²) < 4.78 is 1.19. The van der Waals surface area contributed by atoms with Crippen LogP contribution in [0.2, 0.25) is 0 Å². The number of anilines is 2. The zero-order chi connectivity index (χ0) is 15.4. The average Bonchev–Trinajstić information content (AvgIpc) is 2.81. The second-order valence-corrected chi connectivity index (χ2v) is 5.42. The van der Waals surface area contributed by atoms with Crippen molar-refractivity contribution in [3.63, 3.8) is 0 Å². The van der Waals surface area contributed by atoms with Crippen LogP contribution in [0.15, 0.2) is 23.4 Å². The van der Waals surface area contributed by atoms with E-state index in [-0.39, 0.29) is 17.6 Å². The molecule has 0 fully saturated rings. The number of benzene rings is 1. The number of aryl methyl sites for hydroxylation is 2. The predicted molar refractivity (Wildman–Crippen MR) is 83.3 cm³/mol. The SMILES string of the molecule is Cc1ccc(C)c(NC(=O)CSc2nnc(NN)n2N)c1. The Bertz CT molecular complexity index is 655. The Morgan fingerprint density at radius 1 is 1.38 bits per heavy atom. The van der Waals surface area contributed by atoms with Crippen LogP contribution in [0.5, 0.6) is 0 Å². The van der Waals surface area contributed by atoms with Gasteiger partial charge < -0.3 is 11.2 Å². The van der Waals surface area contributed by atoms with Crippen LogP contribution in [-0.4, -0.2) is 26.5 Å². The molecule has 21 heavy (non-hydrogen) atoms. The van der Waals surface area contributed by atoms with Gasteiger partial charge in [-0.15, -0.1) is 10.2 Å². The normalized spacial score (nSPS) is 10.4. The van der Waals surface area contributed by atoms with Gasteiger partial charge in [-0.3, -0.25) is 10.2 Å². The molecule has 9 heteroatoms. The highest BCUT2D eigenvalue weighted by atomic mass is 32.2. The largest absolute Gasteiger partial charge is 0.334 e. The van der Waals surface area contributed by atoms with Crippen molar-refractivity contribution < 1.29 is 4.79 Å². The Morgan fingerprint density at radius 3 is 2.81 bits per heavy atom. The van der Waals surface area contributed by atoms with Gasteiger partial charge in [0.05, 0.1) is 5.75 Å². The Kier molecular flexibility index (Phi) is 4.66. The smallest absolute Gasteiger partial charge is 0.258 e. The van der Waals surface area contributed by atoms with Gasteiger partial charge in [0.25, 0.3) is 5.95 Å². The van der Waals surface area contributed by atoms with E-state index in [1.807, 2.05) is 32.0 Å². The quantitative estimate of drug-likeness (QED) is 0.363. The molecule has 0 unspecified atom stereocenters. The molecule has 2 aromatic rings. The highest BCUT2D eigenvalue weighted by Gasteiger charge is 2.12. The monoisotopic (exact) mass is 307 g/mol. The molecule has 0 atom stereocenters. The van der Waals surface area contributed by atoms with Crippen LogP contribution in [0.1, 0.15) is 11.1 Å². The van der Waals surface area contributed by atoms with Gasteiger partial charge in [0.2, 0.25) is 11.1 Å². The lowest BCUT2D eigenvalue weighted by atomic mass is 10.1. The standard InChI is InChI=1S/C12H17N7OS/c1-7-3-4-8(2)9(5-7)15-10(20)6-21-12-18-17-11(16-13)19(12)14/h3-5H,6,13-14H2,1-2H3,(H,15,20)(H,16,17). The van der Waals surface area contributed by atoms with E-state index in [1.165, 1.54) is 16.4 Å². The maximum Gasteiger partial charge on any atom is 0.258 e. The number of carbonyl (C=O) groups is 1. The number of carbonyl (C=O) groups excluding carboxylic acids is 1. The second kappa shape index (κ2) is 6.46. The summed E-state index contributed by atoms with van der Waals surface area (Å²) in [5.41, 5.74) is 5.21. The molecule has 0 aliphatic rings. The number of rotatable bonds is 5. The van der Waals surface area contributed by atoms with Crippen molar-refractivity contribution in [2.45, 2.75) is 19.0 Å². The van der Waals surface area contributed by atoms with Gasteiger partial charge in [-0.2, -0.15) is 0 Å². The van der Waals surface area contributed by atoms with Gasteiger partial charge >= 0.3 is 0 Å². The zero-order valence-corrected chi connectivity index (χ0v) is 12.6. The van der Waals surface area contributed by atoms with Gasteiger partial charge in [-0.25, -0.2) is 10.5 Å². The number of hydrogen-bond donors (Lipinski definition) is 4. The highest BCUT2D eigenvalue weighted by Crippen LogP contribution is 2.19. The van der Waals surface area contributed by atoms with Crippen molar-refractivity contribution in [3.8, 4) is 0 Å². The first-order valence-corrected chi connectivity index (χ1v) is 7.17. The van der Waals surface area contributed by atoms with Gasteiger partial charge in [0.15, 0.2) is 0 Å². The Labute approximate surface area is 126 Å². The lowest BCUT2D eigenvalue weighted by Crippen LogP contribution is -2.19. The molecule has 0 aliphatic heterocycles. The fourth-order valence-electron chi connectivity index (χ4n) is 1.66. The summed E-state index contributed by atoms with van der Waals surface area (Å²) in [5, 5.41) is 10.8. The van der Waals surface area contributed by atoms with Crippen molar-refractivity contribution in [2.75, 3.05) is 22.3 Å². The molecule has 2 rings (SSSR count). The van der Waals surface area contributed by atoms with Gasteiger partial charge in [-0.05, 0) is 31.0 Å². The van der Waals surface area contributed by atoms with Crippen molar-refractivity contribution in [2.24, 2.45) is 5.84 Å². The van der Waals surface area contributed by atoms with Gasteiger partial charge in [0.1, 0.15) is 0 Å². The number of aromatic nitrogens is 3. The molecular weight excluding hydrogens is 290 g/mol. The number of nitrogens with two attached hydrogens (primary N) is 2. The topological polar surface area (TPSA) is 124 Å². The molecule has 0 bridgehead atoms. The van der Waals surface area contributed by atoms with E-state index in [0.717, 1.165) is 16.8 Å². The first kappa shape index (κ1) is 15.1. The van der Waals surface area contributed by atoms with Gasteiger partial charge in [-0.1, -0.05) is 23.9 Å². The molecule has 0 radical (unpaired) electrons. The van der Waals surface area contributed by atoms with E-state index in [0.29, 0.717) is 5.16 Å². The summed E-state index contributed by atoms with van der Waals surface area (Å²) >= 11 is 1.18. The molecule has 1 amide bonds. The van der Waals surface area contributed by atoms with Crippen molar-refractivity contribution in [1.29, 1.82) is 0 Å². The maximum absolute atomic E-state index is 12.0. The molecule has 112 valence electrons. The van der Waals surface area contributed by atoms with E-state index < -0.39 is 0 Å². The van der Waals surface area contributed by atoms with Crippen LogP contribution in [0, 0.1) is 13.8 Å². The van der Waals surface area contributed by atoms with E-state index in [4.69, 9.17) is 11.7 Å². The molecular formula is C12H17N7OS. The fraction of sp³-hybridized carbons (Fsp3) is 0.250. The third-order valence-electron chi connectivity index (χ3n) is 2.79. The van der Waals surface area contributed by atoms with Gasteiger partial charge in [0, 0.05) is 5.69 Å². The summed E-state index contributed by atoms with van der Waals surface area (Å²) in [7, 11) is 0. The first-order chi connectivity index (χ1) is 10.0. The second-order valence-electron chi connectivity index (χ2n) is 4.48. The number of nitrogens with one attached hydrogen (secondary N) is 2. The molecule has 0 spiro atoms. The minimum absolute atomic E-state index is 0.140. The molecule has 8 nitrogen and oxygen atoms in total. The average molecular weight is 307 g/mol. The van der Waals surface area contributed by atoms with Crippen molar-refractivity contribution >= 4 is 29.3 Å². The minimum atomic E-state index is -0.140. The van der Waals surface area contributed by atoms with Crippen molar-refractivity contribution in [1.82, 2.24) is 14.9 Å². The third kappa shape index (κ3) is 3.64. The number of amides is 1. The Hall–Kier alpha value is -2.26. The number of nitrogens with zero attached hydrogens (tertiary/aromatic N) is 3. The van der Waals surface area contributed by atoms with E-state index in [2.05, 4.69) is 20.9 Å². The lowest BCUT2D eigenvalue weighted by molar-refractivity contribution is -0.113. The Balaban J connectivity index is 1.96. The molecule has 1 aromatic heterocycles. The minimum Gasteiger partial charge on any atom is -0.334 e. The van der Waals surface area contributed by atoms with Crippen LogP contribution in [0.3, 0.4) is 0 Å². The molecule has 0 saturated carbocycles. The summed E-state index contributed by atoms with van der Waals surface area (Å²) in [6.45, 7) is 3.92. The third-order valence-corrected chi connectivity index (χ3v) is 3.74. The van der Waals surface area contributed by atoms with Crippen LogP contribution < -0.4 is 22.4 Å². The summed E-state index contributed by atoms with van der Waals surface area (Å²) in [4.78, 5) is 12.0. The molecule has 1 heterocycles. The van der Waals surface area contributed by atoms with Crippen LogP contribution in [0.4, 0.5) is 11.6 Å². The molecule has 0 aliphatic carbocycles. The first-order valence-electron chi connectivity index (χ1n) is 6.18. The molecule has 0 saturated heterocycles. The van der Waals surface area contributed by atoms with Crippen LogP contribution >= 0.6 is 11.8 Å². The number of hydrazine groups is 1. The van der Waals surface area contributed by atoms with E-state index in [1.54, 1.807) is 0 Å². The van der Waals surface area contributed by atoms with Crippen LogP contribution in [0.25, 0.3) is 0 Å². The predicted octanol–water partition coefficient (Wildman–Crippen LogP) is 0.625. The summed E-state index contributed by atoms with van der Waals surface area (Å²) in [6.07, 6.45) is 0. The highest BCUT2D eigenvalue weighted by molar-refractivity contribution is 7.99. The summed E-state index contributed by atoms with van der Waals surface area (Å²) in [5.74, 6) is 11.2. The summed E-state index contributed by atoms with van der Waals surface area (Å²) in [6, 6.07) is 5.89. The number of nitrogen functional groups attached to an aromatic ring is 2. The Morgan fingerprint density at radius 2 is 2.14 bits per heavy atom. The molecule has 6 N–H and O–H groups in total. The number of hydrogen-bond acceptors (Lipinski definition) is 7. The van der Waals surface area contributed by atoms with Crippen LogP contribution in [-0.2, 0) is 4.79 Å².